The van der Waals surface area contributed by atoms with Gasteiger partial charge in [0.2, 0.25) is 5.91 Å². The Hall–Kier alpha value is -2.04. The lowest BCUT2D eigenvalue weighted by molar-refractivity contribution is -0.130. The SMILES string of the molecule is CCNC(=NCc1ccccc1)NCCC(=O)N(CC)CC. The van der Waals surface area contributed by atoms with Crippen molar-refractivity contribution in [3.8, 4) is 0 Å². The molecule has 0 unspecified atom stereocenters. The first-order valence-electron chi connectivity index (χ1n) is 8.05. The number of hydrogen-bond donors (Lipinski definition) is 2. The fourth-order valence-electron chi connectivity index (χ4n) is 2.12. The number of amides is 1. The molecule has 0 atom stereocenters. The Labute approximate surface area is 133 Å². The molecule has 0 saturated carbocycles. The largest absolute Gasteiger partial charge is 0.357 e. The van der Waals surface area contributed by atoms with E-state index >= 15 is 0 Å². The van der Waals surface area contributed by atoms with Crippen molar-refractivity contribution < 1.29 is 4.79 Å². The zero-order valence-corrected chi connectivity index (χ0v) is 13.9. The number of nitrogens with zero attached hydrogens (tertiary/aromatic N) is 2. The Morgan fingerprint density at radius 3 is 2.36 bits per heavy atom. The van der Waals surface area contributed by atoms with Gasteiger partial charge in [-0.2, -0.15) is 0 Å². The van der Waals surface area contributed by atoms with Crippen LogP contribution >= 0.6 is 0 Å². The normalized spacial score (nSPS) is 11.1. The van der Waals surface area contributed by atoms with Gasteiger partial charge in [-0.3, -0.25) is 4.79 Å². The first-order chi connectivity index (χ1) is 10.7. The van der Waals surface area contributed by atoms with Crippen LogP contribution in [0, 0.1) is 0 Å². The van der Waals surface area contributed by atoms with Gasteiger partial charge in [-0.15, -0.1) is 0 Å². The van der Waals surface area contributed by atoms with Gasteiger partial charge in [0.05, 0.1) is 6.54 Å². The highest BCUT2D eigenvalue weighted by Crippen LogP contribution is 2.00. The highest BCUT2D eigenvalue weighted by molar-refractivity contribution is 5.81. The second-order valence-electron chi connectivity index (χ2n) is 4.92. The second-order valence-corrected chi connectivity index (χ2v) is 4.92. The molecule has 0 aliphatic carbocycles. The number of benzene rings is 1. The van der Waals surface area contributed by atoms with E-state index in [1.54, 1.807) is 0 Å². The van der Waals surface area contributed by atoms with Crippen LogP contribution in [0.15, 0.2) is 35.3 Å². The number of nitrogens with one attached hydrogen (secondary N) is 2. The van der Waals surface area contributed by atoms with Gasteiger partial charge in [0, 0.05) is 32.6 Å². The fraction of sp³-hybridized carbons (Fsp3) is 0.529. The lowest BCUT2D eigenvalue weighted by atomic mass is 10.2. The third kappa shape index (κ3) is 6.61. The summed E-state index contributed by atoms with van der Waals surface area (Å²) in [7, 11) is 0. The van der Waals surface area contributed by atoms with Crippen LogP contribution in [0.4, 0.5) is 0 Å². The summed E-state index contributed by atoms with van der Waals surface area (Å²) in [6.07, 6.45) is 0.484. The number of guanidine groups is 1. The summed E-state index contributed by atoms with van der Waals surface area (Å²) >= 11 is 0. The van der Waals surface area contributed by atoms with Crippen LogP contribution in [0.25, 0.3) is 0 Å². The molecule has 0 aromatic heterocycles. The van der Waals surface area contributed by atoms with E-state index in [1.807, 2.05) is 43.9 Å². The maximum Gasteiger partial charge on any atom is 0.224 e. The third-order valence-electron chi connectivity index (χ3n) is 3.35. The molecule has 0 heterocycles. The van der Waals surface area contributed by atoms with E-state index in [4.69, 9.17) is 0 Å². The minimum Gasteiger partial charge on any atom is -0.357 e. The molecule has 0 fully saturated rings. The van der Waals surface area contributed by atoms with Crippen molar-refractivity contribution in [3.63, 3.8) is 0 Å². The zero-order valence-electron chi connectivity index (χ0n) is 13.9. The van der Waals surface area contributed by atoms with E-state index in [0.717, 1.165) is 25.6 Å². The molecule has 2 N–H and O–H groups in total. The Balaban J connectivity index is 2.45. The monoisotopic (exact) mass is 304 g/mol. The average Bonchev–Trinajstić information content (AvgIpc) is 2.54. The lowest BCUT2D eigenvalue weighted by Crippen LogP contribution is -2.40. The summed E-state index contributed by atoms with van der Waals surface area (Å²) in [6, 6.07) is 10.1. The molecule has 1 aromatic rings. The molecule has 5 heteroatoms. The van der Waals surface area contributed by atoms with Gasteiger partial charge in [0.25, 0.3) is 0 Å². The molecule has 1 rings (SSSR count). The Bertz CT molecular complexity index is 455. The van der Waals surface area contributed by atoms with E-state index in [9.17, 15) is 4.79 Å². The predicted octanol–water partition coefficient (Wildman–Crippen LogP) is 2.00. The summed E-state index contributed by atoms with van der Waals surface area (Å²) in [5, 5.41) is 6.41. The molecule has 0 radical (unpaired) electrons. The Kier molecular flexibility index (Phi) is 8.72. The highest BCUT2D eigenvalue weighted by atomic mass is 16.2. The molecule has 1 amide bonds. The minimum absolute atomic E-state index is 0.177. The molecule has 0 aliphatic heterocycles. The molecule has 5 nitrogen and oxygen atoms in total. The number of carbonyl (C=O) groups excluding carboxylic acids is 1. The number of aliphatic imine (C=N–C) groups is 1. The van der Waals surface area contributed by atoms with Gasteiger partial charge in [-0.25, -0.2) is 4.99 Å². The summed E-state index contributed by atoms with van der Waals surface area (Å²) in [6.45, 7) is 9.57. The quantitative estimate of drug-likeness (QED) is 0.570. The van der Waals surface area contributed by atoms with Crippen molar-refractivity contribution in [1.29, 1.82) is 0 Å². The van der Waals surface area contributed by atoms with Gasteiger partial charge in [-0.05, 0) is 26.3 Å². The molecule has 0 saturated heterocycles. The Morgan fingerprint density at radius 2 is 1.77 bits per heavy atom. The van der Waals surface area contributed by atoms with E-state index in [0.29, 0.717) is 19.5 Å². The molecule has 0 aliphatic rings. The van der Waals surface area contributed by atoms with Crippen LogP contribution in [0.3, 0.4) is 0 Å². The first kappa shape index (κ1) is 18.0. The van der Waals surface area contributed by atoms with E-state index in [2.05, 4.69) is 27.8 Å². The average molecular weight is 304 g/mol. The fourth-order valence-corrected chi connectivity index (χ4v) is 2.12. The van der Waals surface area contributed by atoms with Crippen LogP contribution in [0.5, 0.6) is 0 Å². The van der Waals surface area contributed by atoms with Crippen molar-refractivity contribution in [2.75, 3.05) is 26.2 Å². The van der Waals surface area contributed by atoms with Crippen LogP contribution in [0.1, 0.15) is 32.8 Å². The van der Waals surface area contributed by atoms with Crippen LogP contribution in [-0.4, -0.2) is 42.9 Å². The maximum absolute atomic E-state index is 11.9. The summed E-state index contributed by atoms with van der Waals surface area (Å²) < 4.78 is 0. The van der Waals surface area contributed by atoms with E-state index in [1.165, 1.54) is 5.56 Å². The summed E-state index contributed by atoms with van der Waals surface area (Å²) in [4.78, 5) is 18.3. The van der Waals surface area contributed by atoms with Gasteiger partial charge < -0.3 is 15.5 Å². The second kappa shape index (κ2) is 10.7. The van der Waals surface area contributed by atoms with Crippen LogP contribution < -0.4 is 10.6 Å². The molecular formula is C17H28N4O. The molecule has 0 spiro atoms. The van der Waals surface area contributed by atoms with Gasteiger partial charge in [0.1, 0.15) is 0 Å². The summed E-state index contributed by atoms with van der Waals surface area (Å²) in [5.41, 5.74) is 1.17. The highest BCUT2D eigenvalue weighted by Gasteiger charge is 2.08. The third-order valence-corrected chi connectivity index (χ3v) is 3.35. The van der Waals surface area contributed by atoms with Gasteiger partial charge in [-0.1, -0.05) is 30.3 Å². The maximum atomic E-state index is 11.9. The number of rotatable bonds is 8. The van der Waals surface area contributed by atoms with Crippen molar-refractivity contribution >= 4 is 11.9 Å². The molecule has 122 valence electrons. The van der Waals surface area contributed by atoms with Crippen molar-refractivity contribution in [2.24, 2.45) is 4.99 Å². The van der Waals surface area contributed by atoms with Crippen molar-refractivity contribution in [3.05, 3.63) is 35.9 Å². The van der Waals surface area contributed by atoms with Crippen molar-refractivity contribution in [1.82, 2.24) is 15.5 Å². The number of carbonyl (C=O) groups is 1. The van der Waals surface area contributed by atoms with Gasteiger partial charge >= 0.3 is 0 Å². The van der Waals surface area contributed by atoms with E-state index in [-0.39, 0.29) is 5.91 Å². The first-order valence-corrected chi connectivity index (χ1v) is 8.05. The van der Waals surface area contributed by atoms with Crippen LogP contribution in [0.2, 0.25) is 0 Å². The summed E-state index contributed by atoms with van der Waals surface area (Å²) in [5.74, 6) is 0.926. The predicted molar refractivity (Wildman–Crippen MR) is 91.8 cm³/mol. The van der Waals surface area contributed by atoms with Crippen molar-refractivity contribution in [2.45, 2.75) is 33.7 Å². The minimum atomic E-state index is 0.177. The van der Waals surface area contributed by atoms with E-state index < -0.39 is 0 Å². The molecule has 1 aromatic carbocycles. The Morgan fingerprint density at radius 1 is 1.09 bits per heavy atom. The zero-order chi connectivity index (χ0) is 16.2. The molecule has 0 bridgehead atoms. The standard InChI is InChI=1S/C17H28N4O/c1-4-18-17(20-14-15-10-8-7-9-11-15)19-13-12-16(22)21(5-2)6-3/h7-11H,4-6,12-14H2,1-3H3,(H2,18,19,20). The smallest absolute Gasteiger partial charge is 0.224 e. The number of hydrogen-bond acceptors (Lipinski definition) is 2. The topological polar surface area (TPSA) is 56.7 Å². The lowest BCUT2D eigenvalue weighted by Gasteiger charge is -2.19. The molecular weight excluding hydrogens is 276 g/mol. The molecule has 22 heavy (non-hydrogen) atoms. The van der Waals surface area contributed by atoms with Gasteiger partial charge in [0.15, 0.2) is 5.96 Å². The van der Waals surface area contributed by atoms with Crippen LogP contribution in [-0.2, 0) is 11.3 Å².